The van der Waals surface area contributed by atoms with Gasteiger partial charge in [0, 0.05) is 18.8 Å². The third-order valence-electron chi connectivity index (χ3n) is 3.39. The molecule has 2 aromatic heterocycles. The molecule has 23 heavy (non-hydrogen) atoms. The molecule has 0 aliphatic carbocycles. The number of aromatic amines is 2. The molecule has 0 fully saturated rings. The average molecular weight is 341 g/mol. The number of sulfonamides is 1. The molecule has 0 saturated carbocycles. The quantitative estimate of drug-likeness (QED) is 0.528. The highest BCUT2D eigenvalue weighted by Gasteiger charge is 2.20. The first-order chi connectivity index (χ1) is 10.9. The number of nitrogens with one attached hydrogen (secondary N) is 3. The van der Waals surface area contributed by atoms with Crippen molar-refractivity contribution < 1.29 is 8.42 Å². The molecule has 9 nitrogen and oxygen atoms in total. The lowest BCUT2D eigenvalue weighted by Crippen LogP contribution is -2.40. The van der Waals surface area contributed by atoms with Gasteiger partial charge in [-0.3, -0.25) is 14.8 Å². The van der Waals surface area contributed by atoms with Gasteiger partial charge in [0.15, 0.2) is 0 Å². The van der Waals surface area contributed by atoms with Gasteiger partial charge in [0.1, 0.15) is 10.5 Å². The summed E-state index contributed by atoms with van der Waals surface area (Å²) in [4.78, 5) is 31.0. The van der Waals surface area contributed by atoms with Crippen molar-refractivity contribution in [3.8, 4) is 0 Å². The van der Waals surface area contributed by atoms with Crippen molar-refractivity contribution in [3.05, 3.63) is 33.1 Å². The fraction of sp³-hybridized carbons (Fsp3) is 0.462. The maximum absolute atomic E-state index is 12.4. The summed E-state index contributed by atoms with van der Waals surface area (Å²) in [6.45, 7) is 2.18. The molecule has 0 spiro atoms. The number of nitrogens with zero attached hydrogens (tertiary/aromatic N) is 1. The van der Waals surface area contributed by atoms with Gasteiger partial charge in [0.25, 0.3) is 5.56 Å². The van der Waals surface area contributed by atoms with E-state index < -0.39 is 21.3 Å². The molecule has 1 atom stereocenters. The summed E-state index contributed by atoms with van der Waals surface area (Å²) in [5.41, 5.74) is 4.22. The Labute approximate surface area is 132 Å². The second-order valence-electron chi connectivity index (χ2n) is 5.17. The minimum absolute atomic E-state index is 0.00895. The molecule has 0 amide bonds. The number of H-pyrrole nitrogens is 2. The fourth-order valence-corrected chi connectivity index (χ4v) is 3.39. The minimum atomic E-state index is -3.86. The Morgan fingerprint density at radius 3 is 2.74 bits per heavy atom. The zero-order valence-electron chi connectivity index (χ0n) is 12.6. The first-order valence-electron chi connectivity index (χ1n) is 7.22. The largest absolute Gasteiger partial charge is 0.329 e. The molecule has 0 aliphatic rings. The lowest BCUT2D eigenvalue weighted by atomic mass is 10.1. The summed E-state index contributed by atoms with van der Waals surface area (Å²) in [6.07, 6.45) is 3.49. The van der Waals surface area contributed by atoms with Crippen LogP contribution in [-0.4, -0.2) is 36.0 Å². The van der Waals surface area contributed by atoms with Crippen LogP contribution in [0, 0.1) is 0 Å². The van der Waals surface area contributed by atoms with Crippen LogP contribution in [0.1, 0.15) is 26.2 Å². The van der Waals surface area contributed by atoms with E-state index in [1.54, 1.807) is 0 Å². The van der Waals surface area contributed by atoms with Gasteiger partial charge in [-0.15, -0.1) is 0 Å². The zero-order valence-corrected chi connectivity index (χ0v) is 13.4. The number of hydrogen-bond acceptors (Lipinski definition) is 6. The first kappa shape index (κ1) is 17.3. The van der Waals surface area contributed by atoms with E-state index in [9.17, 15) is 18.0 Å². The molecule has 126 valence electrons. The molecule has 2 heterocycles. The highest BCUT2D eigenvalue weighted by molar-refractivity contribution is 7.89. The Morgan fingerprint density at radius 1 is 1.35 bits per heavy atom. The van der Waals surface area contributed by atoms with E-state index >= 15 is 0 Å². The Bertz CT molecular complexity index is 902. The maximum Gasteiger partial charge on any atom is 0.327 e. The normalized spacial score (nSPS) is 13.3. The van der Waals surface area contributed by atoms with Crippen molar-refractivity contribution in [2.24, 2.45) is 5.73 Å². The summed E-state index contributed by atoms with van der Waals surface area (Å²) in [5, 5.41) is -0.00895. The van der Waals surface area contributed by atoms with E-state index in [0.717, 1.165) is 19.0 Å². The molecule has 5 N–H and O–H groups in total. The second kappa shape index (κ2) is 7.02. The van der Waals surface area contributed by atoms with Crippen LogP contribution in [0.25, 0.3) is 11.0 Å². The summed E-state index contributed by atoms with van der Waals surface area (Å²) in [5.74, 6) is 0. The number of nitrogens with two attached hydrogens (primary N) is 1. The van der Waals surface area contributed by atoms with E-state index in [1.807, 2.05) is 11.9 Å². The van der Waals surface area contributed by atoms with E-state index in [0.29, 0.717) is 6.42 Å². The van der Waals surface area contributed by atoms with E-state index in [4.69, 9.17) is 5.73 Å². The lowest BCUT2D eigenvalue weighted by Gasteiger charge is -2.16. The molecule has 2 aromatic rings. The van der Waals surface area contributed by atoms with Crippen LogP contribution in [0.15, 0.2) is 26.7 Å². The van der Waals surface area contributed by atoms with Crippen molar-refractivity contribution >= 4 is 21.1 Å². The molecule has 0 bridgehead atoms. The molecular weight excluding hydrogens is 322 g/mol. The molecule has 0 radical (unpaired) electrons. The van der Waals surface area contributed by atoms with Crippen molar-refractivity contribution in [1.82, 2.24) is 19.7 Å². The van der Waals surface area contributed by atoms with Crippen LogP contribution < -0.4 is 21.7 Å². The van der Waals surface area contributed by atoms with Gasteiger partial charge < -0.3 is 5.73 Å². The summed E-state index contributed by atoms with van der Waals surface area (Å²) in [7, 11) is -3.86. The van der Waals surface area contributed by atoms with Gasteiger partial charge in [-0.05, 0) is 12.5 Å². The average Bonchev–Trinajstić information content (AvgIpc) is 2.50. The molecular formula is C13H19N5O4S. The van der Waals surface area contributed by atoms with E-state index in [-0.39, 0.29) is 28.5 Å². The van der Waals surface area contributed by atoms with Crippen LogP contribution >= 0.6 is 0 Å². The Balaban J connectivity index is 2.38. The van der Waals surface area contributed by atoms with E-state index in [2.05, 4.69) is 14.7 Å². The summed E-state index contributed by atoms with van der Waals surface area (Å²) in [6, 6.07) is 0.789. The Morgan fingerprint density at radius 2 is 2.09 bits per heavy atom. The third-order valence-corrected chi connectivity index (χ3v) is 4.88. The van der Waals surface area contributed by atoms with Gasteiger partial charge in [0.2, 0.25) is 10.0 Å². The molecule has 0 aliphatic heterocycles. The minimum Gasteiger partial charge on any atom is -0.329 e. The number of hydrogen-bond donors (Lipinski definition) is 4. The Kier molecular flexibility index (Phi) is 5.29. The van der Waals surface area contributed by atoms with Gasteiger partial charge in [0.05, 0.1) is 5.39 Å². The maximum atomic E-state index is 12.4. The van der Waals surface area contributed by atoms with Crippen molar-refractivity contribution in [2.45, 2.75) is 37.1 Å². The molecule has 0 saturated heterocycles. The SMILES string of the molecule is CCCCC(CN)NS(=O)(=O)c1cnc2[nH]c(=O)[nH]c(=O)c2c1. The van der Waals surface area contributed by atoms with Crippen LogP contribution in [0.4, 0.5) is 0 Å². The zero-order chi connectivity index (χ0) is 17.0. The van der Waals surface area contributed by atoms with Crippen molar-refractivity contribution in [3.63, 3.8) is 0 Å². The third kappa shape index (κ3) is 4.03. The highest BCUT2D eigenvalue weighted by Crippen LogP contribution is 2.13. The Hall–Kier alpha value is -2.04. The molecule has 10 heteroatoms. The summed E-state index contributed by atoms with van der Waals surface area (Å²) >= 11 is 0. The fourth-order valence-electron chi connectivity index (χ4n) is 2.14. The van der Waals surface area contributed by atoms with E-state index in [1.165, 1.54) is 6.07 Å². The second-order valence-corrected chi connectivity index (χ2v) is 6.89. The predicted octanol–water partition coefficient (Wildman–Crippen LogP) is -0.593. The molecule has 1 unspecified atom stereocenters. The van der Waals surface area contributed by atoms with Gasteiger partial charge in [-0.2, -0.15) is 0 Å². The number of pyridine rings is 1. The van der Waals surface area contributed by atoms with Crippen LogP contribution in [0.5, 0.6) is 0 Å². The summed E-state index contributed by atoms with van der Waals surface area (Å²) < 4.78 is 27.3. The molecule has 2 rings (SSSR count). The first-order valence-corrected chi connectivity index (χ1v) is 8.70. The van der Waals surface area contributed by atoms with Crippen molar-refractivity contribution in [2.75, 3.05) is 6.54 Å². The van der Waals surface area contributed by atoms with Gasteiger partial charge in [-0.25, -0.2) is 22.9 Å². The monoisotopic (exact) mass is 341 g/mol. The topological polar surface area (TPSA) is 151 Å². The van der Waals surface area contributed by atoms with Crippen LogP contribution in [0.3, 0.4) is 0 Å². The smallest absolute Gasteiger partial charge is 0.327 e. The van der Waals surface area contributed by atoms with Crippen LogP contribution in [-0.2, 0) is 10.0 Å². The predicted molar refractivity (Wildman–Crippen MR) is 85.7 cm³/mol. The highest BCUT2D eigenvalue weighted by atomic mass is 32.2. The van der Waals surface area contributed by atoms with Gasteiger partial charge in [-0.1, -0.05) is 19.8 Å². The van der Waals surface area contributed by atoms with Crippen molar-refractivity contribution in [1.29, 1.82) is 0 Å². The van der Waals surface area contributed by atoms with Crippen LogP contribution in [0.2, 0.25) is 0 Å². The number of aromatic nitrogens is 3. The lowest BCUT2D eigenvalue weighted by molar-refractivity contribution is 0.516. The number of fused-ring (bicyclic) bond motifs is 1. The van der Waals surface area contributed by atoms with Gasteiger partial charge >= 0.3 is 5.69 Å². The standard InChI is InChI=1S/C13H19N5O4S/c1-2-3-4-8(6-14)18-23(21,22)9-5-10-11(15-7-9)16-13(20)17-12(10)19/h5,7-8,18H,2-4,6,14H2,1H3,(H2,15,16,17,19,20). The molecule has 0 aromatic carbocycles. The number of unbranched alkanes of at least 4 members (excludes halogenated alkanes) is 1. The number of rotatable bonds is 7.